The first kappa shape index (κ1) is 19.0. The van der Waals surface area contributed by atoms with Crippen molar-refractivity contribution in [2.75, 3.05) is 7.11 Å². The standard InChI is InChI=1S/C22H28O3/c1-21(2,3)17-11-14(12-18(20(17)24)22(4,5)6)10-15-8-9-16(25-7)13-19(15)23/h8-13,24H,1-7H3. The van der Waals surface area contributed by atoms with Crippen LogP contribution in [0.5, 0.6) is 5.75 Å². The lowest BCUT2D eigenvalue weighted by Gasteiger charge is -2.28. The fourth-order valence-electron chi connectivity index (χ4n) is 2.82. The third-order valence-electron chi connectivity index (χ3n) is 4.29. The van der Waals surface area contributed by atoms with Gasteiger partial charge in [-0.3, -0.25) is 4.79 Å². The number of aromatic hydroxyl groups is 1. The Bertz CT molecular complexity index is 743. The molecule has 0 unspecified atom stereocenters. The molecule has 1 N–H and O–H groups in total. The van der Waals surface area contributed by atoms with Crippen molar-refractivity contribution < 1.29 is 14.6 Å². The smallest absolute Gasteiger partial charge is 0.189 e. The number of phenols is 1. The predicted molar refractivity (Wildman–Crippen MR) is 103 cm³/mol. The summed E-state index contributed by atoms with van der Waals surface area (Å²) in [6.45, 7) is 12.4. The number of allylic oxidation sites excluding steroid dienone is 4. The van der Waals surface area contributed by atoms with Gasteiger partial charge in [-0.05, 0) is 46.8 Å². The van der Waals surface area contributed by atoms with E-state index in [9.17, 15) is 9.90 Å². The number of ether oxygens (including phenoxy) is 1. The van der Waals surface area contributed by atoms with Gasteiger partial charge in [0, 0.05) is 22.8 Å². The molecular weight excluding hydrogens is 312 g/mol. The number of benzene rings is 1. The van der Waals surface area contributed by atoms with E-state index in [4.69, 9.17) is 4.74 Å². The monoisotopic (exact) mass is 340 g/mol. The molecule has 0 bridgehead atoms. The van der Waals surface area contributed by atoms with Gasteiger partial charge in [0.25, 0.3) is 0 Å². The number of carbonyl (C=O) groups is 1. The van der Waals surface area contributed by atoms with Crippen LogP contribution in [0.4, 0.5) is 0 Å². The van der Waals surface area contributed by atoms with Crippen LogP contribution in [-0.4, -0.2) is 18.0 Å². The van der Waals surface area contributed by atoms with E-state index in [0.29, 0.717) is 17.1 Å². The van der Waals surface area contributed by atoms with Crippen molar-refractivity contribution in [3.8, 4) is 5.75 Å². The van der Waals surface area contributed by atoms with Gasteiger partial charge in [0.1, 0.15) is 11.5 Å². The van der Waals surface area contributed by atoms with Crippen LogP contribution in [0.1, 0.15) is 58.2 Å². The summed E-state index contributed by atoms with van der Waals surface area (Å²) in [6.07, 6.45) is 6.90. The number of carbonyl (C=O) groups excluding carboxylic acids is 1. The summed E-state index contributed by atoms with van der Waals surface area (Å²) >= 11 is 0. The second-order valence-corrected chi connectivity index (χ2v) is 8.51. The SMILES string of the molecule is COC1=CC(=O)C(=Cc2cc(C(C)(C)C)c(O)c(C(C)(C)C)c2)C=C1. The Morgan fingerprint density at radius 1 is 0.960 bits per heavy atom. The molecule has 0 fully saturated rings. The Hall–Kier alpha value is -2.29. The Morgan fingerprint density at radius 2 is 1.48 bits per heavy atom. The molecule has 1 aromatic rings. The minimum absolute atomic E-state index is 0.0814. The average molecular weight is 340 g/mol. The van der Waals surface area contributed by atoms with Crippen molar-refractivity contribution in [2.45, 2.75) is 52.4 Å². The number of hydrogen-bond acceptors (Lipinski definition) is 3. The van der Waals surface area contributed by atoms with Crippen LogP contribution in [-0.2, 0) is 20.4 Å². The lowest BCUT2D eigenvalue weighted by atomic mass is 9.78. The van der Waals surface area contributed by atoms with Gasteiger partial charge in [-0.2, -0.15) is 0 Å². The first-order chi connectivity index (χ1) is 11.4. The lowest BCUT2D eigenvalue weighted by molar-refractivity contribution is -0.111. The first-order valence-corrected chi connectivity index (χ1v) is 8.51. The highest BCUT2D eigenvalue weighted by atomic mass is 16.5. The summed E-state index contributed by atoms with van der Waals surface area (Å²) in [4.78, 5) is 12.3. The average Bonchev–Trinajstić information content (AvgIpc) is 2.48. The molecule has 2 rings (SSSR count). The maximum Gasteiger partial charge on any atom is 0.189 e. The van der Waals surface area contributed by atoms with Crippen LogP contribution in [0, 0.1) is 0 Å². The molecule has 0 saturated heterocycles. The number of ketones is 1. The number of phenolic OH excluding ortho intramolecular Hbond substituents is 1. The maximum atomic E-state index is 12.3. The molecule has 0 aliphatic heterocycles. The summed E-state index contributed by atoms with van der Waals surface area (Å²) in [6, 6.07) is 3.93. The third kappa shape index (κ3) is 4.22. The molecule has 0 radical (unpaired) electrons. The van der Waals surface area contributed by atoms with Gasteiger partial charge < -0.3 is 9.84 Å². The van der Waals surface area contributed by atoms with Crippen molar-refractivity contribution in [3.63, 3.8) is 0 Å². The molecule has 3 heteroatoms. The molecule has 0 atom stereocenters. The van der Waals surface area contributed by atoms with Crippen molar-refractivity contribution in [1.29, 1.82) is 0 Å². The summed E-state index contributed by atoms with van der Waals surface area (Å²) in [5, 5.41) is 10.8. The van der Waals surface area contributed by atoms with Crippen molar-refractivity contribution in [3.05, 3.63) is 58.4 Å². The van der Waals surface area contributed by atoms with E-state index in [1.165, 1.54) is 6.08 Å². The molecule has 0 amide bonds. The van der Waals surface area contributed by atoms with Crippen LogP contribution in [0.25, 0.3) is 6.08 Å². The van der Waals surface area contributed by atoms with Gasteiger partial charge in [-0.1, -0.05) is 41.5 Å². The molecule has 0 spiro atoms. The van der Waals surface area contributed by atoms with E-state index in [2.05, 4.69) is 41.5 Å². The molecule has 1 aliphatic rings. The fourth-order valence-corrected chi connectivity index (χ4v) is 2.82. The zero-order valence-electron chi connectivity index (χ0n) is 16.2. The molecule has 0 saturated carbocycles. The molecule has 0 heterocycles. The Labute approximate surface area is 150 Å². The molecule has 0 aromatic heterocycles. The van der Waals surface area contributed by atoms with Crippen molar-refractivity contribution in [1.82, 2.24) is 0 Å². The van der Waals surface area contributed by atoms with E-state index in [0.717, 1.165) is 16.7 Å². The number of rotatable bonds is 2. The van der Waals surface area contributed by atoms with E-state index in [1.807, 2.05) is 18.2 Å². The fraction of sp³-hybridized carbons (Fsp3) is 0.409. The van der Waals surface area contributed by atoms with E-state index >= 15 is 0 Å². The lowest BCUT2D eigenvalue weighted by Crippen LogP contribution is -2.17. The predicted octanol–water partition coefficient (Wildman–Crippen LogP) is 5.04. The van der Waals surface area contributed by atoms with Gasteiger partial charge >= 0.3 is 0 Å². The first-order valence-electron chi connectivity index (χ1n) is 8.51. The molecular formula is C22H28O3. The van der Waals surface area contributed by atoms with E-state index in [-0.39, 0.29) is 16.6 Å². The quantitative estimate of drug-likeness (QED) is 0.767. The molecule has 134 valence electrons. The van der Waals surface area contributed by atoms with Gasteiger partial charge in [0.05, 0.1) is 7.11 Å². The molecule has 1 aromatic carbocycles. The Kier molecular flexibility index (Phi) is 4.99. The largest absolute Gasteiger partial charge is 0.507 e. The van der Waals surface area contributed by atoms with Crippen LogP contribution in [0.15, 0.2) is 41.7 Å². The topological polar surface area (TPSA) is 46.5 Å². The minimum atomic E-state index is -0.200. The minimum Gasteiger partial charge on any atom is -0.507 e. The third-order valence-corrected chi connectivity index (χ3v) is 4.29. The number of methoxy groups -OCH3 is 1. The second kappa shape index (κ2) is 6.55. The zero-order chi connectivity index (χ0) is 19.0. The van der Waals surface area contributed by atoms with Crippen molar-refractivity contribution >= 4 is 11.9 Å². The van der Waals surface area contributed by atoms with Crippen LogP contribution in [0.2, 0.25) is 0 Å². The summed E-state index contributed by atoms with van der Waals surface area (Å²) < 4.78 is 5.10. The normalized spacial score (nSPS) is 17.0. The molecule has 3 nitrogen and oxygen atoms in total. The highest BCUT2D eigenvalue weighted by Crippen LogP contribution is 2.40. The van der Waals surface area contributed by atoms with Crippen LogP contribution >= 0.6 is 0 Å². The zero-order valence-corrected chi connectivity index (χ0v) is 16.2. The Morgan fingerprint density at radius 3 is 1.88 bits per heavy atom. The molecule has 1 aliphatic carbocycles. The van der Waals surface area contributed by atoms with Crippen LogP contribution < -0.4 is 0 Å². The van der Waals surface area contributed by atoms with Crippen LogP contribution in [0.3, 0.4) is 0 Å². The molecule has 25 heavy (non-hydrogen) atoms. The van der Waals surface area contributed by atoms with Gasteiger partial charge in [0.2, 0.25) is 0 Å². The van der Waals surface area contributed by atoms with Gasteiger partial charge in [-0.25, -0.2) is 0 Å². The summed E-state index contributed by atoms with van der Waals surface area (Å²) in [7, 11) is 1.54. The van der Waals surface area contributed by atoms with E-state index < -0.39 is 0 Å². The second-order valence-electron chi connectivity index (χ2n) is 8.51. The summed E-state index contributed by atoms with van der Waals surface area (Å²) in [5.74, 6) is 0.815. The highest BCUT2D eigenvalue weighted by molar-refractivity contribution is 6.10. The summed E-state index contributed by atoms with van der Waals surface area (Å²) in [5.41, 5.74) is 2.88. The Balaban J connectivity index is 2.60. The maximum absolute atomic E-state index is 12.3. The van der Waals surface area contributed by atoms with Crippen molar-refractivity contribution in [2.24, 2.45) is 0 Å². The van der Waals surface area contributed by atoms with E-state index in [1.54, 1.807) is 19.3 Å². The van der Waals surface area contributed by atoms with Gasteiger partial charge in [-0.15, -0.1) is 0 Å². The highest BCUT2D eigenvalue weighted by Gasteiger charge is 2.26. The van der Waals surface area contributed by atoms with Gasteiger partial charge in [0.15, 0.2) is 5.78 Å². The number of hydrogen-bond donors (Lipinski definition) is 1.